The van der Waals surface area contributed by atoms with Gasteiger partial charge < -0.3 is 14.4 Å². The molecule has 1 atom stereocenters. The van der Waals surface area contributed by atoms with Crippen LogP contribution in [-0.2, 0) is 4.79 Å². The number of halogens is 1. The molecule has 28 heavy (non-hydrogen) atoms. The largest absolute Gasteiger partial charge is 0.493 e. The highest BCUT2D eigenvalue weighted by atomic mass is 35.5. The van der Waals surface area contributed by atoms with E-state index in [-0.39, 0.29) is 12.5 Å². The average Bonchev–Trinajstić information content (AvgIpc) is 2.74. The molecule has 0 aromatic heterocycles. The molecular weight excluding hydrogens is 378 g/mol. The zero-order valence-electron chi connectivity index (χ0n) is 15.7. The quantitative estimate of drug-likeness (QED) is 0.746. The maximum absolute atomic E-state index is 12.5. The van der Waals surface area contributed by atoms with Crippen molar-refractivity contribution in [2.45, 2.75) is 6.04 Å². The number of rotatable bonds is 6. The van der Waals surface area contributed by atoms with Gasteiger partial charge in [-0.2, -0.15) is 5.26 Å². The van der Waals surface area contributed by atoms with Crippen molar-refractivity contribution in [3.63, 3.8) is 0 Å². The zero-order chi connectivity index (χ0) is 19.9. The van der Waals surface area contributed by atoms with E-state index in [9.17, 15) is 10.1 Å². The van der Waals surface area contributed by atoms with Gasteiger partial charge in [0.2, 0.25) is 0 Å². The van der Waals surface area contributed by atoms with Crippen LogP contribution in [0.4, 0.5) is 0 Å². The Bertz CT molecular complexity index is 860. The molecule has 0 saturated carbocycles. The molecule has 0 bridgehead atoms. The van der Waals surface area contributed by atoms with Crippen LogP contribution in [0.5, 0.6) is 11.5 Å². The first-order chi connectivity index (χ1) is 13.6. The Kier molecular flexibility index (Phi) is 6.75. The summed E-state index contributed by atoms with van der Waals surface area (Å²) in [4.78, 5) is 16.3. The van der Waals surface area contributed by atoms with E-state index >= 15 is 0 Å². The van der Waals surface area contributed by atoms with Gasteiger partial charge in [0.15, 0.2) is 18.1 Å². The van der Waals surface area contributed by atoms with Gasteiger partial charge in [-0.25, -0.2) is 0 Å². The molecule has 0 aliphatic carbocycles. The Morgan fingerprint density at radius 3 is 2.39 bits per heavy atom. The van der Waals surface area contributed by atoms with E-state index in [1.54, 1.807) is 30.2 Å². The zero-order valence-corrected chi connectivity index (χ0v) is 16.4. The Hall–Kier alpha value is -2.75. The van der Waals surface area contributed by atoms with Crippen LogP contribution in [0.15, 0.2) is 48.5 Å². The van der Waals surface area contributed by atoms with Crippen molar-refractivity contribution < 1.29 is 14.3 Å². The van der Waals surface area contributed by atoms with Crippen molar-refractivity contribution >= 4 is 17.5 Å². The lowest BCUT2D eigenvalue weighted by Gasteiger charge is -2.37. The molecular formula is C21H22ClN3O3. The third-order valence-corrected chi connectivity index (χ3v) is 5.12. The van der Waals surface area contributed by atoms with Gasteiger partial charge in [-0.1, -0.05) is 41.9 Å². The summed E-state index contributed by atoms with van der Waals surface area (Å²) in [6.07, 6.45) is 0. The molecule has 3 rings (SSSR count). The summed E-state index contributed by atoms with van der Waals surface area (Å²) < 4.78 is 10.9. The first kappa shape index (κ1) is 20.0. The highest BCUT2D eigenvalue weighted by Crippen LogP contribution is 2.28. The van der Waals surface area contributed by atoms with Gasteiger partial charge in [0.25, 0.3) is 5.91 Å². The highest BCUT2D eigenvalue weighted by molar-refractivity contribution is 6.31. The first-order valence-corrected chi connectivity index (χ1v) is 9.43. The van der Waals surface area contributed by atoms with Crippen molar-refractivity contribution in [3.8, 4) is 17.6 Å². The molecule has 2 aromatic carbocycles. The van der Waals surface area contributed by atoms with E-state index in [0.29, 0.717) is 42.7 Å². The number of carbonyl (C=O) groups is 1. The van der Waals surface area contributed by atoms with Crippen molar-refractivity contribution in [1.29, 1.82) is 5.26 Å². The van der Waals surface area contributed by atoms with E-state index in [4.69, 9.17) is 21.1 Å². The third kappa shape index (κ3) is 4.56. The molecule has 1 amide bonds. The summed E-state index contributed by atoms with van der Waals surface area (Å²) >= 11 is 6.25. The third-order valence-electron chi connectivity index (χ3n) is 4.77. The molecule has 1 aliphatic rings. The molecule has 1 unspecified atom stereocenters. The van der Waals surface area contributed by atoms with E-state index in [2.05, 4.69) is 6.07 Å². The fourth-order valence-electron chi connectivity index (χ4n) is 3.24. The normalized spacial score (nSPS) is 15.5. The van der Waals surface area contributed by atoms with Gasteiger partial charge in [-0.05, 0) is 18.2 Å². The number of nitrogens with zero attached hydrogens (tertiary/aromatic N) is 3. The van der Waals surface area contributed by atoms with Crippen LogP contribution < -0.4 is 9.47 Å². The maximum Gasteiger partial charge on any atom is 0.260 e. The lowest BCUT2D eigenvalue weighted by molar-refractivity contribution is -0.135. The standard InChI is InChI=1S/C21H22ClN3O3/c1-27-19-8-4-5-9-20(19)28-15-21(26)25-12-10-24(11-13-25)18(14-23)16-6-2-3-7-17(16)22/h2-9,18H,10-13,15H2,1H3. The molecule has 146 valence electrons. The molecule has 7 heteroatoms. The smallest absolute Gasteiger partial charge is 0.260 e. The molecule has 6 nitrogen and oxygen atoms in total. The Labute approximate surface area is 169 Å². The molecule has 1 heterocycles. The van der Waals surface area contributed by atoms with Crippen LogP contribution >= 0.6 is 11.6 Å². The van der Waals surface area contributed by atoms with Gasteiger partial charge in [-0.15, -0.1) is 0 Å². The number of hydrogen-bond donors (Lipinski definition) is 0. The van der Waals surface area contributed by atoms with Crippen molar-refractivity contribution in [2.75, 3.05) is 39.9 Å². The van der Waals surface area contributed by atoms with Crippen LogP contribution in [-0.4, -0.2) is 55.6 Å². The van der Waals surface area contributed by atoms with Crippen molar-refractivity contribution in [1.82, 2.24) is 9.80 Å². The summed E-state index contributed by atoms with van der Waals surface area (Å²) in [6.45, 7) is 2.23. The van der Waals surface area contributed by atoms with Gasteiger partial charge in [0.05, 0.1) is 13.2 Å². The van der Waals surface area contributed by atoms with E-state index in [1.165, 1.54) is 0 Å². The summed E-state index contributed by atoms with van der Waals surface area (Å²) in [6, 6.07) is 16.5. The predicted molar refractivity (Wildman–Crippen MR) is 106 cm³/mol. The predicted octanol–water partition coefficient (Wildman–Crippen LogP) is 3.14. The average molecular weight is 400 g/mol. The van der Waals surface area contributed by atoms with Crippen LogP contribution in [0.3, 0.4) is 0 Å². The fraction of sp³-hybridized carbons (Fsp3) is 0.333. The molecule has 0 spiro atoms. The number of piperazine rings is 1. The molecule has 1 aliphatic heterocycles. The molecule has 0 radical (unpaired) electrons. The number of carbonyl (C=O) groups excluding carboxylic acids is 1. The Morgan fingerprint density at radius 1 is 1.11 bits per heavy atom. The topological polar surface area (TPSA) is 65.8 Å². The second kappa shape index (κ2) is 9.45. The number of hydrogen-bond acceptors (Lipinski definition) is 5. The SMILES string of the molecule is COc1ccccc1OCC(=O)N1CCN(C(C#N)c2ccccc2Cl)CC1. The summed E-state index contributed by atoms with van der Waals surface area (Å²) in [5.74, 6) is 1.05. The molecule has 2 aromatic rings. The Balaban J connectivity index is 1.55. The maximum atomic E-state index is 12.5. The lowest BCUT2D eigenvalue weighted by Crippen LogP contribution is -2.50. The van der Waals surface area contributed by atoms with Crippen LogP contribution in [0.2, 0.25) is 5.02 Å². The number of benzene rings is 2. The minimum atomic E-state index is -0.421. The number of ether oxygens (including phenoxy) is 2. The van der Waals surface area contributed by atoms with Crippen molar-refractivity contribution in [2.24, 2.45) is 0 Å². The minimum Gasteiger partial charge on any atom is -0.493 e. The van der Waals surface area contributed by atoms with Gasteiger partial charge >= 0.3 is 0 Å². The van der Waals surface area contributed by atoms with Crippen LogP contribution in [0.25, 0.3) is 0 Å². The van der Waals surface area contributed by atoms with Gasteiger partial charge in [-0.3, -0.25) is 9.69 Å². The molecule has 1 saturated heterocycles. The monoisotopic (exact) mass is 399 g/mol. The summed E-state index contributed by atoms with van der Waals surface area (Å²) in [7, 11) is 1.56. The second-order valence-electron chi connectivity index (χ2n) is 6.41. The lowest BCUT2D eigenvalue weighted by atomic mass is 10.1. The first-order valence-electron chi connectivity index (χ1n) is 9.05. The number of nitriles is 1. The van der Waals surface area contributed by atoms with E-state index < -0.39 is 6.04 Å². The number of para-hydroxylation sites is 2. The van der Waals surface area contributed by atoms with Gasteiger partial charge in [0, 0.05) is 36.8 Å². The molecule has 1 fully saturated rings. The van der Waals surface area contributed by atoms with E-state index in [1.807, 2.05) is 35.2 Å². The number of amides is 1. The second-order valence-corrected chi connectivity index (χ2v) is 6.82. The number of methoxy groups -OCH3 is 1. The van der Waals surface area contributed by atoms with Gasteiger partial charge in [0.1, 0.15) is 6.04 Å². The fourth-order valence-corrected chi connectivity index (χ4v) is 3.48. The van der Waals surface area contributed by atoms with E-state index in [0.717, 1.165) is 5.56 Å². The molecule has 0 N–H and O–H groups in total. The van der Waals surface area contributed by atoms with Crippen LogP contribution in [0, 0.1) is 11.3 Å². The Morgan fingerprint density at radius 2 is 1.75 bits per heavy atom. The van der Waals surface area contributed by atoms with Crippen LogP contribution in [0.1, 0.15) is 11.6 Å². The highest BCUT2D eigenvalue weighted by Gasteiger charge is 2.28. The minimum absolute atomic E-state index is 0.0490. The summed E-state index contributed by atoms with van der Waals surface area (Å²) in [5, 5.41) is 10.2. The van der Waals surface area contributed by atoms with Crippen molar-refractivity contribution in [3.05, 3.63) is 59.1 Å². The summed E-state index contributed by atoms with van der Waals surface area (Å²) in [5.41, 5.74) is 0.797.